The highest BCUT2D eigenvalue weighted by Crippen LogP contribution is 2.19. The van der Waals surface area contributed by atoms with E-state index in [0.29, 0.717) is 23.0 Å². The van der Waals surface area contributed by atoms with Gasteiger partial charge in [0.05, 0.1) is 12.7 Å². The van der Waals surface area contributed by atoms with Crippen LogP contribution in [0.15, 0.2) is 28.8 Å². The maximum Gasteiger partial charge on any atom is 0.337 e. The summed E-state index contributed by atoms with van der Waals surface area (Å²) in [6.07, 6.45) is 0. The molecule has 0 saturated carbocycles. The molecule has 112 valence electrons. The topological polar surface area (TPSA) is 74.5 Å². The molecule has 0 spiro atoms. The number of nitrogens with zero attached hydrogens (tertiary/aromatic N) is 2. The van der Waals surface area contributed by atoms with Crippen LogP contribution >= 0.6 is 0 Å². The lowest BCUT2D eigenvalue weighted by molar-refractivity contribution is 0.0600. The largest absolute Gasteiger partial charge is 0.484 e. The van der Waals surface area contributed by atoms with Crippen molar-refractivity contribution in [2.24, 2.45) is 0 Å². The summed E-state index contributed by atoms with van der Waals surface area (Å²) >= 11 is 0. The molecule has 1 aromatic heterocycles. The number of benzene rings is 1. The van der Waals surface area contributed by atoms with Gasteiger partial charge in [-0.3, -0.25) is 0 Å². The molecular formula is C15H18N2O4. The molecule has 2 rings (SSSR count). The predicted molar refractivity (Wildman–Crippen MR) is 75.1 cm³/mol. The van der Waals surface area contributed by atoms with E-state index in [1.807, 2.05) is 20.8 Å². The Bertz CT molecular complexity index is 629. The average Bonchev–Trinajstić information content (AvgIpc) is 2.93. The van der Waals surface area contributed by atoms with Crippen LogP contribution in [-0.4, -0.2) is 23.2 Å². The summed E-state index contributed by atoms with van der Waals surface area (Å²) < 4.78 is 15.3. The molecule has 0 bridgehead atoms. The monoisotopic (exact) mass is 290 g/mol. The summed E-state index contributed by atoms with van der Waals surface area (Å²) in [6, 6.07) is 6.72. The summed E-state index contributed by atoms with van der Waals surface area (Å²) in [5, 5.41) is 3.92. The lowest BCUT2D eigenvalue weighted by Crippen LogP contribution is -2.13. The van der Waals surface area contributed by atoms with Crippen LogP contribution in [0, 0.1) is 0 Å². The van der Waals surface area contributed by atoms with Crippen molar-refractivity contribution in [2.45, 2.75) is 32.8 Å². The molecular weight excluding hydrogens is 272 g/mol. The third-order valence-electron chi connectivity index (χ3n) is 2.76. The lowest BCUT2D eigenvalue weighted by atomic mass is 9.96. The molecule has 0 radical (unpaired) electrons. The van der Waals surface area contributed by atoms with E-state index in [1.54, 1.807) is 24.3 Å². The van der Waals surface area contributed by atoms with Crippen LogP contribution in [0.4, 0.5) is 0 Å². The van der Waals surface area contributed by atoms with E-state index >= 15 is 0 Å². The van der Waals surface area contributed by atoms with Gasteiger partial charge in [-0.05, 0) is 18.2 Å². The highest BCUT2D eigenvalue weighted by molar-refractivity contribution is 5.89. The summed E-state index contributed by atoms with van der Waals surface area (Å²) in [7, 11) is 1.34. The molecule has 0 N–H and O–H groups in total. The van der Waals surface area contributed by atoms with Crippen molar-refractivity contribution in [1.29, 1.82) is 0 Å². The third-order valence-corrected chi connectivity index (χ3v) is 2.76. The fourth-order valence-corrected chi connectivity index (χ4v) is 1.59. The number of carbonyl (C=O) groups excluding carboxylic acids is 1. The number of rotatable bonds is 4. The molecule has 2 aromatic rings. The number of carbonyl (C=O) groups is 1. The van der Waals surface area contributed by atoms with Crippen LogP contribution in [0.5, 0.6) is 5.75 Å². The maximum atomic E-state index is 11.4. The van der Waals surface area contributed by atoms with E-state index in [1.165, 1.54) is 7.11 Å². The Balaban J connectivity index is 2.03. The second-order valence-corrected chi connectivity index (χ2v) is 5.57. The van der Waals surface area contributed by atoms with Crippen molar-refractivity contribution in [3.63, 3.8) is 0 Å². The number of hydrogen-bond acceptors (Lipinski definition) is 6. The van der Waals surface area contributed by atoms with Crippen molar-refractivity contribution in [1.82, 2.24) is 10.1 Å². The average molecular weight is 290 g/mol. The zero-order chi connectivity index (χ0) is 15.5. The second kappa shape index (κ2) is 5.95. The number of hydrogen-bond donors (Lipinski definition) is 0. The van der Waals surface area contributed by atoms with Crippen LogP contribution in [0.1, 0.15) is 42.8 Å². The van der Waals surface area contributed by atoms with Crippen LogP contribution < -0.4 is 4.74 Å². The zero-order valence-corrected chi connectivity index (χ0v) is 12.5. The summed E-state index contributed by atoms with van der Waals surface area (Å²) in [5.41, 5.74) is 0.253. The molecule has 6 heteroatoms. The van der Waals surface area contributed by atoms with Crippen LogP contribution in [0.2, 0.25) is 0 Å². The van der Waals surface area contributed by atoms with E-state index < -0.39 is 5.97 Å². The van der Waals surface area contributed by atoms with Gasteiger partial charge >= 0.3 is 5.97 Å². The molecule has 0 aliphatic rings. The van der Waals surface area contributed by atoms with Gasteiger partial charge in [0, 0.05) is 5.41 Å². The van der Waals surface area contributed by atoms with Gasteiger partial charge in [0.1, 0.15) is 5.75 Å². The molecule has 0 unspecified atom stereocenters. The van der Waals surface area contributed by atoms with E-state index in [2.05, 4.69) is 14.9 Å². The Morgan fingerprint density at radius 3 is 2.71 bits per heavy atom. The Kier molecular flexibility index (Phi) is 4.26. The number of methoxy groups -OCH3 is 1. The first-order chi connectivity index (χ1) is 9.90. The van der Waals surface area contributed by atoms with Gasteiger partial charge in [-0.2, -0.15) is 4.98 Å². The van der Waals surface area contributed by atoms with Gasteiger partial charge in [-0.15, -0.1) is 0 Å². The maximum absolute atomic E-state index is 11.4. The van der Waals surface area contributed by atoms with Crippen molar-refractivity contribution < 1.29 is 18.8 Å². The van der Waals surface area contributed by atoms with Gasteiger partial charge in [0.2, 0.25) is 0 Å². The highest BCUT2D eigenvalue weighted by Gasteiger charge is 2.21. The summed E-state index contributed by atoms with van der Waals surface area (Å²) in [6.45, 7) is 6.15. The summed E-state index contributed by atoms with van der Waals surface area (Å²) in [4.78, 5) is 15.7. The van der Waals surface area contributed by atoms with E-state index in [0.717, 1.165) is 0 Å². The molecule has 0 atom stereocenters. The van der Waals surface area contributed by atoms with Crippen LogP contribution in [0.3, 0.4) is 0 Å². The Morgan fingerprint density at radius 2 is 2.10 bits per heavy atom. The molecule has 0 aliphatic carbocycles. The first-order valence-electron chi connectivity index (χ1n) is 6.54. The van der Waals surface area contributed by atoms with Gasteiger partial charge in [-0.25, -0.2) is 4.79 Å². The second-order valence-electron chi connectivity index (χ2n) is 5.57. The molecule has 21 heavy (non-hydrogen) atoms. The van der Waals surface area contributed by atoms with E-state index in [-0.39, 0.29) is 12.0 Å². The van der Waals surface area contributed by atoms with Gasteiger partial charge in [0.25, 0.3) is 5.89 Å². The molecule has 0 amide bonds. The summed E-state index contributed by atoms with van der Waals surface area (Å²) in [5.74, 6) is 1.15. The quantitative estimate of drug-likeness (QED) is 0.806. The van der Waals surface area contributed by atoms with Gasteiger partial charge < -0.3 is 14.0 Å². The number of ether oxygens (including phenoxy) is 2. The van der Waals surface area contributed by atoms with Crippen LogP contribution in [0.25, 0.3) is 0 Å². The fraction of sp³-hybridized carbons (Fsp3) is 0.400. The highest BCUT2D eigenvalue weighted by atomic mass is 16.5. The normalized spacial score (nSPS) is 11.2. The Hall–Kier alpha value is -2.37. The first kappa shape index (κ1) is 15.0. The minimum atomic E-state index is -0.409. The van der Waals surface area contributed by atoms with Crippen molar-refractivity contribution in [3.05, 3.63) is 41.5 Å². The SMILES string of the molecule is COC(=O)c1cccc(OCc2nc(C(C)(C)C)no2)c1. The smallest absolute Gasteiger partial charge is 0.337 e. The molecule has 0 aliphatic heterocycles. The lowest BCUT2D eigenvalue weighted by Gasteiger charge is -2.10. The molecule has 1 heterocycles. The van der Waals surface area contributed by atoms with Gasteiger partial charge in [0.15, 0.2) is 12.4 Å². The first-order valence-corrected chi connectivity index (χ1v) is 6.54. The van der Waals surface area contributed by atoms with E-state index in [4.69, 9.17) is 9.26 Å². The number of esters is 1. The Labute approximate surface area is 123 Å². The third kappa shape index (κ3) is 3.81. The van der Waals surface area contributed by atoms with Crippen molar-refractivity contribution in [3.8, 4) is 5.75 Å². The molecule has 0 saturated heterocycles. The number of aromatic nitrogens is 2. The minimum absolute atomic E-state index is 0.147. The molecule has 0 fully saturated rings. The van der Waals surface area contributed by atoms with Crippen molar-refractivity contribution in [2.75, 3.05) is 7.11 Å². The molecule has 6 nitrogen and oxygen atoms in total. The standard InChI is InChI=1S/C15H18N2O4/c1-15(2,3)14-16-12(21-17-14)9-20-11-7-5-6-10(8-11)13(18)19-4/h5-8H,9H2,1-4H3. The Morgan fingerprint density at radius 1 is 1.33 bits per heavy atom. The zero-order valence-electron chi connectivity index (χ0n) is 12.5. The van der Waals surface area contributed by atoms with Gasteiger partial charge in [-0.1, -0.05) is 32.0 Å². The predicted octanol–water partition coefficient (Wildman–Crippen LogP) is 2.73. The van der Waals surface area contributed by atoms with Crippen LogP contribution in [-0.2, 0) is 16.8 Å². The molecule has 1 aromatic carbocycles. The van der Waals surface area contributed by atoms with E-state index in [9.17, 15) is 4.79 Å². The van der Waals surface area contributed by atoms with Crippen molar-refractivity contribution >= 4 is 5.97 Å². The fourth-order valence-electron chi connectivity index (χ4n) is 1.59. The minimum Gasteiger partial charge on any atom is -0.484 e.